The fraction of sp³-hybridized carbons (Fsp3) is 0.480. The van der Waals surface area contributed by atoms with Crippen molar-refractivity contribution in [3.05, 3.63) is 52.4 Å². The number of nitrogens with one attached hydrogen (secondary N) is 1. The predicted molar refractivity (Wildman–Crippen MR) is 119 cm³/mol. The fourth-order valence-electron chi connectivity index (χ4n) is 4.48. The van der Waals surface area contributed by atoms with E-state index in [2.05, 4.69) is 5.32 Å². The van der Waals surface area contributed by atoms with Crippen LogP contribution in [0.4, 0.5) is 0 Å². The summed E-state index contributed by atoms with van der Waals surface area (Å²) in [7, 11) is 1.28. The second-order valence-corrected chi connectivity index (χ2v) is 8.17. The standard InChI is InChI=1S/C25H31NO6/c1-6-12-32-25(29)20-15(4)26-18-13-14(3)19(24(28)30-5)23(27)22(18)21(20)16-8-10-17(11-9-16)31-7-2/h8-11,14,19,21,26H,6-7,12-13H2,1-5H3/t14-,19-,21-/m1/s1. The van der Waals surface area contributed by atoms with E-state index in [1.54, 1.807) is 0 Å². The maximum absolute atomic E-state index is 13.6. The van der Waals surface area contributed by atoms with Crippen molar-refractivity contribution in [1.29, 1.82) is 0 Å². The van der Waals surface area contributed by atoms with Crippen molar-refractivity contribution >= 4 is 17.7 Å². The minimum absolute atomic E-state index is 0.219. The molecule has 1 aromatic carbocycles. The average Bonchev–Trinajstić information content (AvgIpc) is 2.77. The van der Waals surface area contributed by atoms with Gasteiger partial charge in [-0.3, -0.25) is 9.59 Å². The lowest BCUT2D eigenvalue weighted by Gasteiger charge is -2.38. The van der Waals surface area contributed by atoms with Crippen molar-refractivity contribution in [2.24, 2.45) is 11.8 Å². The van der Waals surface area contributed by atoms with Crippen LogP contribution in [0.3, 0.4) is 0 Å². The van der Waals surface area contributed by atoms with Crippen LogP contribution in [0.25, 0.3) is 0 Å². The summed E-state index contributed by atoms with van der Waals surface area (Å²) in [6, 6.07) is 7.34. The first kappa shape index (κ1) is 23.6. The summed E-state index contributed by atoms with van der Waals surface area (Å²) in [5.41, 5.74) is 2.97. The molecule has 0 bridgehead atoms. The highest BCUT2D eigenvalue weighted by Gasteiger charge is 2.47. The monoisotopic (exact) mass is 441 g/mol. The average molecular weight is 442 g/mol. The number of allylic oxidation sites excluding steroid dienone is 3. The Balaban J connectivity index is 2.13. The fourth-order valence-corrected chi connectivity index (χ4v) is 4.48. The van der Waals surface area contributed by atoms with Gasteiger partial charge in [0.05, 0.1) is 25.9 Å². The number of esters is 2. The summed E-state index contributed by atoms with van der Waals surface area (Å²) in [6.45, 7) is 8.32. The van der Waals surface area contributed by atoms with Crippen LogP contribution in [-0.2, 0) is 23.9 Å². The maximum atomic E-state index is 13.6. The van der Waals surface area contributed by atoms with Gasteiger partial charge in [-0.25, -0.2) is 4.79 Å². The molecule has 1 heterocycles. The van der Waals surface area contributed by atoms with E-state index in [9.17, 15) is 14.4 Å². The zero-order valence-corrected chi connectivity index (χ0v) is 19.3. The Bertz CT molecular complexity index is 959. The van der Waals surface area contributed by atoms with Crippen molar-refractivity contribution in [1.82, 2.24) is 5.32 Å². The number of rotatable bonds is 7. The number of dihydropyridines is 1. The summed E-state index contributed by atoms with van der Waals surface area (Å²) >= 11 is 0. The van der Waals surface area contributed by atoms with Gasteiger partial charge in [0.15, 0.2) is 5.78 Å². The molecule has 7 heteroatoms. The molecule has 0 fully saturated rings. The zero-order chi connectivity index (χ0) is 23.4. The Labute approximate surface area is 188 Å². The highest BCUT2D eigenvalue weighted by Crippen LogP contribution is 2.45. The molecule has 0 radical (unpaired) electrons. The molecule has 1 aromatic rings. The molecule has 172 valence electrons. The zero-order valence-electron chi connectivity index (χ0n) is 19.3. The molecule has 0 spiro atoms. The highest BCUT2D eigenvalue weighted by atomic mass is 16.5. The first-order valence-electron chi connectivity index (χ1n) is 11.1. The van der Waals surface area contributed by atoms with Crippen molar-refractivity contribution in [2.45, 2.75) is 46.5 Å². The van der Waals surface area contributed by atoms with Crippen LogP contribution in [0.2, 0.25) is 0 Å². The number of ketones is 1. The van der Waals surface area contributed by atoms with Crippen LogP contribution in [-0.4, -0.2) is 38.0 Å². The van der Waals surface area contributed by atoms with Crippen molar-refractivity contribution < 1.29 is 28.6 Å². The third kappa shape index (κ3) is 4.42. The lowest BCUT2D eigenvalue weighted by atomic mass is 9.69. The molecule has 3 atom stereocenters. The minimum atomic E-state index is -0.905. The molecule has 2 aliphatic rings. The molecule has 0 saturated carbocycles. The van der Waals surface area contributed by atoms with E-state index < -0.39 is 23.8 Å². The van der Waals surface area contributed by atoms with Crippen molar-refractivity contribution in [3.8, 4) is 5.75 Å². The summed E-state index contributed by atoms with van der Waals surface area (Å²) in [4.78, 5) is 39.1. The summed E-state index contributed by atoms with van der Waals surface area (Å²) in [5.74, 6) is -2.40. The number of carbonyl (C=O) groups excluding carboxylic acids is 3. The van der Waals surface area contributed by atoms with E-state index in [-0.39, 0.29) is 18.3 Å². The van der Waals surface area contributed by atoms with Crippen LogP contribution in [0.5, 0.6) is 5.75 Å². The number of Topliss-reactive ketones (excluding diaryl/α,β-unsaturated/α-hetero) is 1. The molecule has 0 amide bonds. The molecule has 1 N–H and O–H groups in total. The molecule has 1 aliphatic heterocycles. The normalized spacial score (nSPS) is 22.8. The summed E-state index contributed by atoms with van der Waals surface area (Å²) in [6.07, 6.45) is 1.19. The Morgan fingerprint density at radius 3 is 2.44 bits per heavy atom. The third-order valence-corrected chi connectivity index (χ3v) is 5.92. The lowest BCUT2D eigenvalue weighted by Crippen LogP contribution is -2.43. The third-order valence-electron chi connectivity index (χ3n) is 5.92. The Morgan fingerprint density at radius 1 is 1.16 bits per heavy atom. The Hall–Kier alpha value is -3.09. The Morgan fingerprint density at radius 2 is 1.84 bits per heavy atom. The first-order valence-corrected chi connectivity index (χ1v) is 11.1. The number of hydrogen-bond acceptors (Lipinski definition) is 7. The van der Waals surface area contributed by atoms with Gasteiger partial charge in [-0.15, -0.1) is 0 Å². The van der Waals surface area contributed by atoms with Gasteiger partial charge in [-0.1, -0.05) is 26.0 Å². The van der Waals surface area contributed by atoms with Crippen molar-refractivity contribution in [3.63, 3.8) is 0 Å². The molecule has 7 nitrogen and oxygen atoms in total. The SMILES string of the molecule is CCCOC(=O)C1=C(C)NC2=C(C(=O)[C@H](C(=O)OC)[C@H](C)C2)[C@@H]1c1ccc(OCC)cc1. The van der Waals surface area contributed by atoms with Crippen LogP contribution in [0.1, 0.15) is 52.0 Å². The van der Waals surface area contributed by atoms with Crippen LogP contribution in [0.15, 0.2) is 46.8 Å². The predicted octanol–water partition coefficient (Wildman–Crippen LogP) is 3.65. The minimum Gasteiger partial charge on any atom is -0.494 e. The van der Waals surface area contributed by atoms with Crippen LogP contribution < -0.4 is 10.1 Å². The smallest absolute Gasteiger partial charge is 0.336 e. The van der Waals surface area contributed by atoms with Gasteiger partial charge in [0.25, 0.3) is 0 Å². The lowest BCUT2D eigenvalue weighted by molar-refractivity contribution is -0.151. The number of carbonyl (C=O) groups is 3. The van der Waals surface area contributed by atoms with Gasteiger partial charge in [-0.2, -0.15) is 0 Å². The number of methoxy groups -OCH3 is 1. The molecule has 0 aromatic heterocycles. The highest BCUT2D eigenvalue weighted by molar-refractivity contribution is 6.12. The molecular weight excluding hydrogens is 410 g/mol. The van der Waals surface area contributed by atoms with Gasteiger partial charge in [0, 0.05) is 22.9 Å². The van der Waals surface area contributed by atoms with E-state index in [0.717, 1.165) is 11.3 Å². The molecule has 1 aliphatic carbocycles. The number of ether oxygens (including phenoxy) is 3. The van der Waals surface area contributed by atoms with Gasteiger partial charge in [0.1, 0.15) is 11.7 Å². The van der Waals surface area contributed by atoms with Crippen LogP contribution >= 0.6 is 0 Å². The van der Waals surface area contributed by atoms with Gasteiger partial charge >= 0.3 is 11.9 Å². The molecule has 32 heavy (non-hydrogen) atoms. The number of hydrogen-bond donors (Lipinski definition) is 1. The molecule has 3 rings (SSSR count). The van der Waals surface area contributed by atoms with Gasteiger partial charge < -0.3 is 19.5 Å². The second-order valence-electron chi connectivity index (χ2n) is 8.17. The molecular formula is C25H31NO6. The number of benzene rings is 1. The quantitative estimate of drug-likeness (QED) is 0.510. The van der Waals surface area contributed by atoms with Gasteiger partial charge in [-0.05, 0) is 50.3 Å². The summed E-state index contributed by atoms with van der Waals surface area (Å²) < 4.78 is 15.9. The first-order chi connectivity index (χ1) is 15.3. The van der Waals surface area contributed by atoms with E-state index in [1.165, 1.54) is 7.11 Å². The van der Waals surface area contributed by atoms with E-state index in [4.69, 9.17) is 14.2 Å². The van der Waals surface area contributed by atoms with Gasteiger partial charge in [0.2, 0.25) is 0 Å². The Kier molecular flexibility index (Phi) is 7.38. The van der Waals surface area contributed by atoms with E-state index >= 15 is 0 Å². The topological polar surface area (TPSA) is 90.9 Å². The maximum Gasteiger partial charge on any atom is 0.336 e. The van der Waals surface area contributed by atoms with E-state index in [0.29, 0.717) is 42.0 Å². The molecule has 0 saturated heterocycles. The molecule has 0 unspecified atom stereocenters. The largest absolute Gasteiger partial charge is 0.494 e. The summed E-state index contributed by atoms with van der Waals surface area (Å²) in [5, 5.41) is 3.26. The second kappa shape index (κ2) is 10.0. The van der Waals surface area contributed by atoms with E-state index in [1.807, 2.05) is 52.0 Å². The van der Waals surface area contributed by atoms with Crippen LogP contribution in [0, 0.1) is 11.8 Å². The van der Waals surface area contributed by atoms with Crippen molar-refractivity contribution in [2.75, 3.05) is 20.3 Å².